The van der Waals surface area contributed by atoms with E-state index in [0.717, 1.165) is 31.2 Å². The van der Waals surface area contributed by atoms with Crippen LogP contribution in [0.25, 0.3) is 0 Å². The zero-order valence-electron chi connectivity index (χ0n) is 19.0. The second-order valence-corrected chi connectivity index (χ2v) is 9.45. The first kappa shape index (κ1) is 23.3. The van der Waals surface area contributed by atoms with Gasteiger partial charge >= 0.3 is 5.97 Å². The largest absolute Gasteiger partial charge is 0.464 e. The lowest BCUT2D eigenvalue weighted by atomic mass is 9.92. The van der Waals surface area contributed by atoms with Crippen molar-refractivity contribution in [3.63, 3.8) is 0 Å². The maximum atomic E-state index is 13.7. The zero-order valence-corrected chi connectivity index (χ0v) is 19.7. The number of aromatic nitrogens is 2. The van der Waals surface area contributed by atoms with Gasteiger partial charge in [0.2, 0.25) is 5.91 Å². The van der Waals surface area contributed by atoms with E-state index in [-0.39, 0.29) is 36.4 Å². The highest BCUT2D eigenvalue weighted by molar-refractivity contribution is 6.30. The number of imidazole rings is 1. The summed E-state index contributed by atoms with van der Waals surface area (Å²) >= 11 is 6.17. The van der Waals surface area contributed by atoms with Crippen LogP contribution in [0.2, 0.25) is 5.02 Å². The summed E-state index contributed by atoms with van der Waals surface area (Å²) in [5.74, 6) is -1.34. The maximum absolute atomic E-state index is 13.7. The molecule has 0 spiro atoms. The number of hydrogen-bond donors (Lipinski definition) is 1. The van der Waals surface area contributed by atoms with Crippen molar-refractivity contribution in [1.82, 2.24) is 19.8 Å². The number of nitrogens with zero attached hydrogens (tertiary/aromatic N) is 3. The number of fused-ring (bicyclic) bond motifs is 1. The molecule has 2 aromatic rings. The molecule has 1 aromatic heterocycles. The Bertz CT molecular complexity index is 1060. The Morgan fingerprint density at radius 2 is 1.97 bits per heavy atom. The van der Waals surface area contributed by atoms with Crippen molar-refractivity contribution in [3.05, 3.63) is 52.6 Å². The molecule has 2 heterocycles. The molecule has 1 aliphatic heterocycles. The standard InChI is InChI=1S/C24H29ClN4O4/c1-24(23(32)27-18-10-5-3-4-6-11-18)14-28-15-26-19(22(31)33-2)20(28)21(30)29(24)13-16-8-7-9-17(25)12-16/h7-9,12,15,18H,3-6,10-11,13-14H2,1-2H3,(H,27,32). The summed E-state index contributed by atoms with van der Waals surface area (Å²) in [7, 11) is 1.25. The summed E-state index contributed by atoms with van der Waals surface area (Å²) in [6, 6.07) is 7.28. The lowest BCUT2D eigenvalue weighted by Gasteiger charge is -2.44. The molecular formula is C24H29ClN4O4. The van der Waals surface area contributed by atoms with Crippen LogP contribution in [0.5, 0.6) is 0 Å². The SMILES string of the molecule is COC(=O)c1ncn2c1C(=O)N(Cc1cccc(Cl)c1)C(C)(C(=O)NC1CCCCCC1)C2. The predicted molar refractivity (Wildman–Crippen MR) is 123 cm³/mol. The number of benzene rings is 1. The Hall–Kier alpha value is -2.87. The molecule has 1 fully saturated rings. The number of methoxy groups -OCH3 is 1. The van der Waals surface area contributed by atoms with Crippen LogP contribution < -0.4 is 5.32 Å². The van der Waals surface area contributed by atoms with Crippen molar-refractivity contribution in [2.45, 2.75) is 70.1 Å². The topological polar surface area (TPSA) is 93.5 Å². The van der Waals surface area contributed by atoms with Crippen LogP contribution in [-0.4, -0.2) is 50.9 Å². The van der Waals surface area contributed by atoms with Crippen LogP contribution in [-0.2, 0) is 22.6 Å². The van der Waals surface area contributed by atoms with Crippen LogP contribution in [0, 0.1) is 0 Å². The van der Waals surface area contributed by atoms with Gasteiger partial charge in [0.25, 0.3) is 5.91 Å². The number of hydrogen-bond acceptors (Lipinski definition) is 5. The number of esters is 1. The zero-order chi connectivity index (χ0) is 23.6. The van der Waals surface area contributed by atoms with Gasteiger partial charge in [-0.25, -0.2) is 9.78 Å². The smallest absolute Gasteiger partial charge is 0.359 e. The van der Waals surface area contributed by atoms with Crippen molar-refractivity contribution < 1.29 is 19.1 Å². The second kappa shape index (κ2) is 9.55. The minimum absolute atomic E-state index is 0.0511. The van der Waals surface area contributed by atoms with Gasteiger partial charge in [-0.05, 0) is 37.5 Å². The normalized spacial score (nSPS) is 21.3. The average molecular weight is 473 g/mol. The Labute approximate surface area is 198 Å². The van der Waals surface area contributed by atoms with E-state index in [1.54, 1.807) is 29.7 Å². The number of nitrogens with one attached hydrogen (secondary N) is 1. The van der Waals surface area contributed by atoms with Crippen molar-refractivity contribution in [2.75, 3.05) is 7.11 Å². The van der Waals surface area contributed by atoms with E-state index in [4.69, 9.17) is 16.3 Å². The number of amides is 2. The molecular weight excluding hydrogens is 444 g/mol. The molecule has 1 saturated carbocycles. The monoisotopic (exact) mass is 472 g/mol. The molecule has 1 unspecified atom stereocenters. The van der Waals surface area contributed by atoms with Crippen molar-refractivity contribution in [1.29, 1.82) is 0 Å². The molecule has 1 atom stereocenters. The quantitative estimate of drug-likeness (QED) is 0.530. The summed E-state index contributed by atoms with van der Waals surface area (Å²) in [6.45, 7) is 2.11. The first-order chi connectivity index (χ1) is 15.8. The highest BCUT2D eigenvalue weighted by Crippen LogP contribution is 2.32. The number of rotatable bonds is 5. The third-order valence-electron chi connectivity index (χ3n) is 6.65. The van der Waals surface area contributed by atoms with E-state index in [9.17, 15) is 14.4 Å². The van der Waals surface area contributed by atoms with E-state index in [2.05, 4.69) is 10.3 Å². The molecule has 176 valence electrons. The van der Waals surface area contributed by atoms with Gasteiger partial charge < -0.3 is 19.5 Å². The van der Waals surface area contributed by atoms with Crippen LogP contribution in [0.3, 0.4) is 0 Å². The average Bonchev–Trinajstić information content (AvgIpc) is 3.04. The molecule has 1 aliphatic carbocycles. The predicted octanol–water partition coefficient (Wildman–Crippen LogP) is 3.58. The molecule has 1 aromatic carbocycles. The Kier molecular flexibility index (Phi) is 6.74. The molecule has 8 nitrogen and oxygen atoms in total. The molecule has 1 N–H and O–H groups in total. The number of ether oxygens (including phenoxy) is 1. The minimum Gasteiger partial charge on any atom is -0.464 e. The van der Waals surface area contributed by atoms with Gasteiger partial charge in [0.1, 0.15) is 11.2 Å². The Morgan fingerprint density at radius 1 is 1.24 bits per heavy atom. The Balaban J connectivity index is 1.70. The molecule has 0 saturated heterocycles. The third-order valence-corrected chi connectivity index (χ3v) is 6.88. The first-order valence-corrected chi connectivity index (χ1v) is 11.7. The summed E-state index contributed by atoms with van der Waals surface area (Å²) in [5.41, 5.74) is -0.308. The molecule has 2 aliphatic rings. The van der Waals surface area contributed by atoms with Gasteiger partial charge in [0.15, 0.2) is 5.69 Å². The van der Waals surface area contributed by atoms with Crippen LogP contribution in [0.1, 0.15) is 72.0 Å². The van der Waals surface area contributed by atoms with Crippen molar-refractivity contribution >= 4 is 29.4 Å². The van der Waals surface area contributed by atoms with Gasteiger partial charge in [-0.15, -0.1) is 0 Å². The fourth-order valence-corrected chi connectivity index (χ4v) is 4.98. The van der Waals surface area contributed by atoms with Gasteiger partial charge in [-0.2, -0.15) is 0 Å². The van der Waals surface area contributed by atoms with Gasteiger partial charge in [0, 0.05) is 17.6 Å². The molecule has 0 bridgehead atoms. The highest BCUT2D eigenvalue weighted by Gasteiger charge is 2.49. The Morgan fingerprint density at radius 3 is 2.64 bits per heavy atom. The van der Waals surface area contributed by atoms with E-state index in [1.807, 2.05) is 6.07 Å². The molecule has 2 amide bonds. The molecule has 33 heavy (non-hydrogen) atoms. The summed E-state index contributed by atoms with van der Waals surface area (Å²) in [6.07, 6.45) is 7.82. The van der Waals surface area contributed by atoms with E-state index in [0.29, 0.717) is 5.02 Å². The van der Waals surface area contributed by atoms with E-state index < -0.39 is 17.4 Å². The third kappa shape index (κ3) is 4.62. The van der Waals surface area contributed by atoms with E-state index >= 15 is 0 Å². The van der Waals surface area contributed by atoms with Gasteiger partial charge in [0.05, 0.1) is 20.0 Å². The second-order valence-electron chi connectivity index (χ2n) is 9.02. The molecule has 0 radical (unpaired) electrons. The first-order valence-electron chi connectivity index (χ1n) is 11.3. The van der Waals surface area contributed by atoms with Crippen molar-refractivity contribution in [2.24, 2.45) is 0 Å². The summed E-state index contributed by atoms with van der Waals surface area (Å²) in [5, 5.41) is 3.75. The van der Waals surface area contributed by atoms with Crippen LogP contribution in [0.15, 0.2) is 30.6 Å². The van der Waals surface area contributed by atoms with E-state index in [1.165, 1.54) is 31.2 Å². The number of carbonyl (C=O) groups is 3. The summed E-state index contributed by atoms with van der Waals surface area (Å²) < 4.78 is 6.39. The summed E-state index contributed by atoms with van der Waals surface area (Å²) in [4.78, 5) is 45.2. The van der Waals surface area contributed by atoms with Gasteiger partial charge in [-0.1, -0.05) is 49.4 Å². The lowest BCUT2D eigenvalue weighted by Crippen LogP contribution is -2.64. The fourth-order valence-electron chi connectivity index (χ4n) is 4.76. The molecule has 9 heteroatoms. The maximum Gasteiger partial charge on any atom is 0.359 e. The lowest BCUT2D eigenvalue weighted by molar-refractivity contribution is -0.134. The number of carbonyl (C=O) groups excluding carboxylic acids is 3. The van der Waals surface area contributed by atoms with Crippen LogP contribution >= 0.6 is 11.6 Å². The molecule has 4 rings (SSSR count). The fraction of sp³-hybridized carbons (Fsp3) is 0.500. The number of halogens is 1. The minimum atomic E-state index is -1.17. The highest BCUT2D eigenvalue weighted by atomic mass is 35.5. The van der Waals surface area contributed by atoms with Crippen molar-refractivity contribution in [3.8, 4) is 0 Å². The van der Waals surface area contributed by atoms with Gasteiger partial charge in [-0.3, -0.25) is 9.59 Å². The van der Waals surface area contributed by atoms with Crippen LogP contribution in [0.4, 0.5) is 0 Å².